The second kappa shape index (κ2) is 12.3. The van der Waals surface area contributed by atoms with E-state index in [0.29, 0.717) is 5.56 Å². The molecule has 1 atom stereocenters. The average Bonchev–Trinajstić information content (AvgIpc) is 2.71. The molecule has 0 aromatic heterocycles. The Morgan fingerprint density at radius 1 is 1.23 bits per heavy atom. The summed E-state index contributed by atoms with van der Waals surface area (Å²) < 4.78 is 34.0. The summed E-state index contributed by atoms with van der Waals surface area (Å²) in [7, 11) is 0. The number of halogens is 2. The van der Waals surface area contributed by atoms with E-state index in [2.05, 4.69) is 5.32 Å². The number of carbonyl (C=O) groups excluding carboxylic acids is 1. The Labute approximate surface area is 173 Å². The number of carbonyl (C=O) groups is 2. The molecule has 2 aromatic rings. The van der Waals surface area contributed by atoms with Crippen molar-refractivity contribution < 1.29 is 28.2 Å². The number of benzene rings is 2. The highest BCUT2D eigenvalue weighted by atomic mass is 19.1. The second-order valence-electron chi connectivity index (χ2n) is 6.02. The highest BCUT2D eigenvalue weighted by Gasteiger charge is 2.28. The van der Waals surface area contributed by atoms with Gasteiger partial charge in [0.1, 0.15) is 11.6 Å². The Morgan fingerprint density at radius 3 is 2.33 bits per heavy atom. The fraction of sp³-hybridized carbons (Fsp3) is 0.286. The van der Waals surface area contributed by atoms with Crippen LogP contribution in [0.25, 0.3) is 0 Å². The van der Waals surface area contributed by atoms with Crippen LogP contribution in [0.15, 0.2) is 36.4 Å². The van der Waals surface area contributed by atoms with Gasteiger partial charge in [-0.25, -0.2) is 8.78 Å². The van der Waals surface area contributed by atoms with E-state index in [1.807, 2.05) is 6.07 Å². The number of nitrogens with two attached hydrogens (primary N) is 1. The third-order valence-corrected chi connectivity index (χ3v) is 3.81. The van der Waals surface area contributed by atoms with Gasteiger partial charge in [0.2, 0.25) is 0 Å². The Hall–Kier alpha value is -3.35. The smallest absolute Gasteiger partial charge is 0.300 e. The zero-order valence-corrected chi connectivity index (χ0v) is 16.6. The van der Waals surface area contributed by atoms with Gasteiger partial charge >= 0.3 is 0 Å². The highest BCUT2D eigenvalue weighted by Crippen LogP contribution is 2.26. The number of nitriles is 1. The van der Waals surface area contributed by atoms with E-state index < -0.39 is 35.2 Å². The third-order valence-electron chi connectivity index (χ3n) is 3.81. The minimum absolute atomic E-state index is 0.0979. The molecule has 0 aliphatic heterocycles. The Balaban J connectivity index is 0.00000103. The lowest BCUT2D eigenvalue weighted by Gasteiger charge is -2.19. The minimum Gasteiger partial charge on any atom is -0.481 e. The summed E-state index contributed by atoms with van der Waals surface area (Å²) >= 11 is 0. The van der Waals surface area contributed by atoms with Crippen molar-refractivity contribution in [2.24, 2.45) is 5.73 Å². The van der Waals surface area contributed by atoms with Crippen molar-refractivity contribution in [3.63, 3.8) is 0 Å². The maximum atomic E-state index is 14.5. The molecule has 0 aliphatic carbocycles. The van der Waals surface area contributed by atoms with Crippen molar-refractivity contribution >= 4 is 11.9 Å². The van der Waals surface area contributed by atoms with Crippen molar-refractivity contribution in [1.82, 2.24) is 5.32 Å². The summed E-state index contributed by atoms with van der Waals surface area (Å²) in [6.07, 6.45) is -1.43. The van der Waals surface area contributed by atoms with Gasteiger partial charge in [-0.15, -0.1) is 0 Å². The fourth-order valence-electron chi connectivity index (χ4n) is 2.45. The second-order valence-corrected chi connectivity index (χ2v) is 6.02. The zero-order chi connectivity index (χ0) is 22.7. The van der Waals surface area contributed by atoms with Crippen LogP contribution in [-0.4, -0.2) is 23.6 Å². The van der Waals surface area contributed by atoms with Gasteiger partial charge in [-0.2, -0.15) is 5.26 Å². The Morgan fingerprint density at radius 2 is 1.83 bits per heavy atom. The van der Waals surface area contributed by atoms with Crippen LogP contribution < -0.4 is 11.1 Å². The van der Waals surface area contributed by atoms with Crippen LogP contribution in [0.1, 0.15) is 42.2 Å². The van der Waals surface area contributed by atoms with E-state index in [1.54, 1.807) is 31.2 Å². The van der Waals surface area contributed by atoms with Gasteiger partial charge in [-0.05, 0) is 30.7 Å². The maximum absolute atomic E-state index is 14.5. The molecule has 4 N–H and O–H groups in total. The van der Waals surface area contributed by atoms with Gasteiger partial charge in [0.15, 0.2) is 6.10 Å². The monoisotopic (exact) mass is 419 g/mol. The molecule has 0 fully saturated rings. The Kier molecular flexibility index (Phi) is 10.1. The summed E-state index contributed by atoms with van der Waals surface area (Å²) in [4.78, 5) is 21.5. The lowest BCUT2D eigenvalue weighted by molar-refractivity contribution is -0.134. The summed E-state index contributed by atoms with van der Waals surface area (Å²) in [5, 5.41) is 18.8. The van der Waals surface area contributed by atoms with Crippen LogP contribution in [0.4, 0.5) is 8.78 Å². The number of nitrogens with one attached hydrogen (secondary N) is 1. The number of rotatable bonds is 7. The normalized spacial score (nSPS) is 10.9. The number of nitrogens with zero attached hydrogens (tertiary/aromatic N) is 1. The number of hydrogen-bond donors (Lipinski definition) is 3. The van der Waals surface area contributed by atoms with Gasteiger partial charge in [0.05, 0.1) is 17.2 Å². The van der Waals surface area contributed by atoms with Crippen LogP contribution in [0.2, 0.25) is 0 Å². The van der Waals surface area contributed by atoms with Crippen LogP contribution in [0.5, 0.6) is 0 Å². The number of aliphatic carboxylic acids is 1. The predicted octanol–water partition coefficient (Wildman–Crippen LogP) is 2.78. The molecule has 0 aliphatic rings. The first-order chi connectivity index (χ1) is 14.2. The van der Waals surface area contributed by atoms with Gasteiger partial charge in [-0.3, -0.25) is 9.59 Å². The van der Waals surface area contributed by atoms with Crippen LogP contribution in [-0.2, 0) is 27.4 Å². The first-order valence-electron chi connectivity index (χ1n) is 8.99. The number of carboxylic acid groups (broad SMARTS) is 1. The maximum Gasteiger partial charge on any atom is 0.300 e. The zero-order valence-electron chi connectivity index (χ0n) is 16.6. The lowest BCUT2D eigenvalue weighted by Crippen LogP contribution is -2.32. The highest BCUT2D eigenvalue weighted by molar-refractivity contribution is 5.82. The molecule has 30 heavy (non-hydrogen) atoms. The molecule has 0 spiro atoms. The van der Waals surface area contributed by atoms with Gasteiger partial charge in [0.25, 0.3) is 11.9 Å². The van der Waals surface area contributed by atoms with E-state index >= 15 is 0 Å². The largest absolute Gasteiger partial charge is 0.481 e. The molecule has 1 unspecified atom stereocenters. The van der Waals surface area contributed by atoms with Crippen LogP contribution in [0, 0.1) is 23.0 Å². The molecule has 0 saturated heterocycles. The van der Waals surface area contributed by atoms with Crippen LogP contribution in [0.3, 0.4) is 0 Å². The van der Waals surface area contributed by atoms with Gasteiger partial charge in [0, 0.05) is 32.2 Å². The average molecular weight is 419 g/mol. The number of hydrogen-bond acceptors (Lipinski definition) is 5. The fourth-order valence-corrected chi connectivity index (χ4v) is 2.45. The quantitative estimate of drug-likeness (QED) is 0.634. The molecule has 2 rings (SSSR count). The predicted molar refractivity (Wildman–Crippen MR) is 105 cm³/mol. The van der Waals surface area contributed by atoms with Crippen molar-refractivity contribution in [2.75, 3.05) is 6.61 Å². The number of ether oxygens (including phenoxy) is 1. The molecule has 2 aromatic carbocycles. The number of amides is 1. The topological polar surface area (TPSA) is 125 Å². The summed E-state index contributed by atoms with van der Waals surface area (Å²) in [6, 6.07) is 10.9. The molecule has 0 saturated carbocycles. The molecule has 0 radical (unpaired) electrons. The molecule has 160 valence electrons. The lowest BCUT2D eigenvalue weighted by atomic mass is 10.0. The van der Waals surface area contributed by atoms with E-state index in [-0.39, 0.29) is 25.3 Å². The molecule has 0 bridgehead atoms. The minimum atomic E-state index is -1.43. The molecule has 0 heterocycles. The summed E-state index contributed by atoms with van der Waals surface area (Å²) in [5.74, 6) is -3.24. The summed E-state index contributed by atoms with van der Waals surface area (Å²) in [5.41, 5.74) is 6.34. The van der Waals surface area contributed by atoms with Crippen molar-refractivity contribution in [3.05, 3.63) is 70.3 Å². The molecule has 1 amide bonds. The van der Waals surface area contributed by atoms with Crippen LogP contribution >= 0.6 is 0 Å². The third kappa shape index (κ3) is 7.24. The first-order valence-corrected chi connectivity index (χ1v) is 8.99. The van der Waals surface area contributed by atoms with E-state index in [1.165, 1.54) is 6.07 Å². The standard InChI is InChI=1S/C19H19F2N3O2.C2H4O2/c1-2-26-18(16-15(20)8-7-14(10-23)17(16)21)19(25)24-11-13-5-3-12(9-22)4-6-13;1-2(3)4/h3-8,18H,2,10-11,23H2,1H3,(H,24,25);1H3,(H,3,4). The molecule has 9 heteroatoms. The molecule has 7 nitrogen and oxygen atoms in total. The van der Waals surface area contributed by atoms with Crippen molar-refractivity contribution in [1.29, 1.82) is 5.26 Å². The summed E-state index contributed by atoms with van der Waals surface area (Å²) in [6.45, 7) is 2.82. The van der Waals surface area contributed by atoms with Crippen molar-refractivity contribution in [3.8, 4) is 6.07 Å². The van der Waals surface area contributed by atoms with Crippen molar-refractivity contribution in [2.45, 2.75) is 33.0 Å². The van der Waals surface area contributed by atoms with E-state index in [0.717, 1.165) is 18.6 Å². The SMILES string of the molecule is CC(=O)O.CCOC(C(=O)NCc1ccc(C#N)cc1)c1c(F)ccc(CN)c1F. The van der Waals surface area contributed by atoms with Gasteiger partial charge < -0.3 is 20.9 Å². The van der Waals surface area contributed by atoms with E-state index in [4.69, 9.17) is 25.6 Å². The van der Waals surface area contributed by atoms with E-state index in [9.17, 15) is 13.6 Å². The first kappa shape index (κ1) is 24.7. The Bertz CT molecular complexity index is 908. The molecular weight excluding hydrogens is 396 g/mol. The molecular formula is C21H23F2N3O4. The number of carboxylic acids is 1. The van der Waals surface area contributed by atoms with Gasteiger partial charge in [-0.1, -0.05) is 18.2 Å².